The molecule has 0 bridgehead atoms. The van der Waals surface area contributed by atoms with E-state index in [1.54, 1.807) is 0 Å². The Bertz CT molecular complexity index is 4330. The number of fused-ring (bicyclic) bond motifs is 12. The first-order chi connectivity index (χ1) is 37.7. The topological polar surface area (TPSA) is 23.0 Å². The second-order valence-corrected chi connectivity index (χ2v) is 23.1. The molecule has 0 aliphatic rings. The molecule has 78 heavy (non-hydrogen) atoms. The van der Waals surface area contributed by atoms with Crippen molar-refractivity contribution in [2.75, 3.05) is 4.90 Å². The van der Waals surface area contributed by atoms with E-state index in [4.69, 9.17) is 13.2 Å². The lowest BCUT2D eigenvalue weighted by molar-refractivity contribution is 0.590. The summed E-state index contributed by atoms with van der Waals surface area (Å²) in [6.45, 7) is 27.6. The molecule has 0 unspecified atom stereocenters. The molecule has 13 aromatic rings. The number of allylic oxidation sites excluding steroid dienone is 4. The number of hydrogen-bond acceptors (Lipinski definition) is 1. The van der Waals surface area contributed by atoms with Crippen molar-refractivity contribution in [2.45, 2.75) is 72.6 Å². The average Bonchev–Trinajstić information content (AvgIpc) is 4.17. The third-order valence-corrected chi connectivity index (χ3v) is 16.0. The van der Waals surface area contributed by atoms with Crippen molar-refractivity contribution in [3.8, 4) is 22.7 Å². The van der Waals surface area contributed by atoms with Crippen LogP contribution in [-0.2, 0) is 10.8 Å². The van der Waals surface area contributed by atoms with Crippen molar-refractivity contribution in [1.82, 2.24) is 18.3 Å². The normalized spacial score (nSPS) is 12.7. The van der Waals surface area contributed by atoms with Gasteiger partial charge in [0.15, 0.2) is 0 Å². The van der Waals surface area contributed by atoms with Gasteiger partial charge in [-0.3, -0.25) is 0 Å². The molecule has 0 saturated heterocycles. The van der Waals surface area contributed by atoms with Crippen LogP contribution >= 0.6 is 0 Å². The van der Waals surface area contributed by atoms with Gasteiger partial charge >= 0.3 is 0 Å². The molecule has 0 amide bonds. The van der Waals surface area contributed by atoms with E-state index in [9.17, 15) is 0 Å². The second-order valence-electron chi connectivity index (χ2n) is 23.1. The van der Waals surface area contributed by atoms with Crippen molar-refractivity contribution in [2.24, 2.45) is 0 Å². The number of aromatic nitrogens is 4. The van der Waals surface area contributed by atoms with Gasteiger partial charge in [0.25, 0.3) is 0 Å². The fourth-order valence-electron chi connectivity index (χ4n) is 12.4. The van der Waals surface area contributed by atoms with Crippen molar-refractivity contribution >= 4 is 92.9 Å². The van der Waals surface area contributed by atoms with Gasteiger partial charge in [-0.2, -0.15) is 0 Å². The zero-order valence-corrected chi connectivity index (χ0v) is 46.1. The van der Waals surface area contributed by atoms with Crippen LogP contribution in [0.3, 0.4) is 0 Å². The van der Waals surface area contributed by atoms with E-state index in [0.29, 0.717) is 0 Å². The molecule has 4 heterocycles. The molecular weight excluding hydrogens is 947 g/mol. The highest BCUT2D eigenvalue weighted by atomic mass is 15.2. The Morgan fingerprint density at radius 2 is 0.795 bits per heavy atom. The highest BCUT2D eigenvalue weighted by molar-refractivity contribution is 6.18. The minimum Gasteiger partial charge on any atom is -0.312 e. The lowest BCUT2D eigenvalue weighted by Gasteiger charge is -2.28. The van der Waals surface area contributed by atoms with Crippen molar-refractivity contribution < 1.29 is 0 Å². The van der Waals surface area contributed by atoms with Gasteiger partial charge < -0.3 is 23.2 Å². The summed E-state index contributed by atoms with van der Waals surface area (Å²) >= 11 is 0. The molecule has 0 fully saturated rings. The van der Waals surface area contributed by atoms with Gasteiger partial charge in [0, 0.05) is 54.5 Å². The molecule has 0 atom stereocenters. The lowest BCUT2D eigenvalue weighted by atomic mass is 9.85. The van der Waals surface area contributed by atoms with Crippen LogP contribution in [0.15, 0.2) is 237 Å². The molecule has 13 rings (SSSR count). The molecule has 0 N–H and O–H groups in total. The van der Waals surface area contributed by atoms with Crippen molar-refractivity contribution in [3.63, 3.8) is 0 Å². The average molecular weight is 1010 g/mol. The summed E-state index contributed by atoms with van der Waals surface area (Å²) in [5.41, 5.74) is 18.4. The Morgan fingerprint density at radius 1 is 0.410 bits per heavy atom. The predicted octanol–water partition coefficient (Wildman–Crippen LogP) is 20.0. The summed E-state index contributed by atoms with van der Waals surface area (Å²) in [4.78, 5) is 2.22. The Labute approximate surface area is 457 Å². The van der Waals surface area contributed by atoms with E-state index in [0.717, 1.165) is 101 Å². The minimum absolute atomic E-state index is 0.0456. The van der Waals surface area contributed by atoms with Gasteiger partial charge in [-0.15, -0.1) is 0 Å². The maximum atomic E-state index is 4.76. The summed E-state index contributed by atoms with van der Waals surface area (Å²) in [5, 5.41) is 9.66. The first-order valence-corrected chi connectivity index (χ1v) is 27.5. The summed E-state index contributed by atoms with van der Waals surface area (Å²) < 4.78 is 10.0. The lowest BCUT2D eigenvalue weighted by Crippen LogP contribution is -2.19. The van der Waals surface area contributed by atoms with E-state index in [1.165, 1.54) is 43.4 Å². The van der Waals surface area contributed by atoms with Crippen LogP contribution in [0.4, 0.5) is 5.69 Å². The molecular formula is C73H65N5. The van der Waals surface area contributed by atoms with E-state index in [1.807, 2.05) is 0 Å². The standard InChI is InChI=1S/C73H65N5/c1-11-13-25-48(4)74(47(3)24-12-2)51-44-52(75-66-40-38-49(72(5,6)7)42-60(66)61-43-50(73(8,9)10)39-41-67(61)75)46-53(45-51)76-70-58(30-22-36-68(70)77-62-32-18-14-26-54(62)55-27-15-19-33-63(55)77)59-31-23-37-69(71(59)76)78-64-34-20-16-28-56(64)57-29-17-21-35-65(57)78/h12-46H,3-4,11H2,1-2,5-10H3/b24-12-,25-13-. The molecule has 9 aromatic carbocycles. The monoisotopic (exact) mass is 1010 g/mol. The largest absolute Gasteiger partial charge is 0.312 e. The number of rotatable bonds is 10. The zero-order chi connectivity index (χ0) is 53.8. The second kappa shape index (κ2) is 18.3. The van der Waals surface area contributed by atoms with Crippen LogP contribution in [-0.4, -0.2) is 18.3 Å². The summed E-state index contributed by atoms with van der Waals surface area (Å²) in [6.07, 6.45) is 9.33. The predicted molar refractivity (Wildman–Crippen MR) is 336 cm³/mol. The molecule has 0 aliphatic carbocycles. The van der Waals surface area contributed by atoms with Crippen LogP contribution in [0.2, 0.25) is 0 Å². The molecule has 0 spiro atoms. The van der Waals surface area contributed by atoms with Crippen LogP contribution in [0.25, 0.3) is 110 Å². The third-order valence-electron chi connectivity index (χ3n) is 16.0. The molecule has 5 nitrogen and oxygen atoms in total. The molecule has 0 saturated carbocycles. The van der Waals surface area contributed by atoms with E-state index in [2.05, 4.69) is 291 Å². The van der Waals surface area contributed by atoms with Crippen LogP contribution in [0.5, 0.6) is 0 Å². The van der Waals surface area contributed by atoms with Crippen LogP contribution in [0.1, 0.15) is 72.9 Å². The molecule has 0 radical (unpaired) electrons. The first kappa shape index (κ1) is 48.6. The summed E-state index contributed by atoms with van der Waals surface area (Å²) in [7, 11) is 0. The Morgan fingerprint density at radius 3 is 1.21 bits per heavy atom. The van der Waals surface area contributed by atoms with E-state index in [-0.39, 0.29) is 10.8 Å². The molecule has 0 aliphatic heterocycles. The van der Waals surface area contributed by atoms with Gasteiger partial charge in [-0.05, 0) is 126 Å². The molecule has 382 valence electrons. The zero-order valence-electron chi connectivity index (χ0n) is 46.1. The first-order valence-electron chi connectivity index (χ1n) is 27.5. The van der Waals surface area contributed by atoms with Crippen LogP contribution < -0.4 is 4.90 Å². The van der Waals surface area contributed by atoms with Crippen LogP contribution in [0, 0.1) is 0 Å². The van der Waals surface area contributed by atoms with E-state index < -0.39 is 0 Å². The maximum absolute atomic E-state index is 4.76. The number of hydrogen-bond donors (Lipinski definition) is 0. The summed E-state index contributed by atoms with van der Waals surface area (Å²) in [5.74, 6) is 0. The Hall–Kier alpha value is -9.06. The number of nitrogens with zero attached hydrogens (tertiary/aromatic N) is 5. The van der Waals surface area contributed by atoms with E-state index >= 15 is 0 Å². The smallest absolute Gasteiger partial charge is 0.0783 e. The fourth-order valence-corrected chi connectivity index (χ4v) is 12.4. The number of para-hydroxylation sites is 6. The van der Waals surface area contributed by atoms with Gasteiger partial charge in [0.05, 0.1) is 72.6 Å². The SMILES string of the molecule is C=C(/C=C\C)N(C(=C)/C=C\CC)c1cc(-n2c3ccc(C(C)(C)C)cc3c3cc(C(C)(C)C)ccc32)cc(-n2c3c(-n4c5ccccc5c5ccccc54)cccc3c3cccc(-n4c5ccccc5c5ccccc54)c32)c1. The number of anilines is 1. The maximum Gasteiger partial charge on any atom is 0.0783 e. The fraction of sp³-hybridized carbons (Fsp3) is 0.151. The molecule has 5 heteroatoms. The van der Waals surface area contributed by atoms with Crippen molar-refractivity contribution in [3.05, 3.63) is 248 Å². The van der Waals surface area contributed by atoms with Gasteiger partial charge in [0.1, 0.15) is 0 Å². The van der Waals surface area contributed by atoms with Gasteiger partial charge in [-0.1, -0.05) is 183 Å². The molecule has 4 aromatic heterocycles. The van der Waals surface area contributed by atoms with Crippen molar-refractivity contribution in [1.29, 1.82) is 0 Å². The Kier molecular flexibility index (Phi) is 11.4. The van der Waals surface area contributed by atoms with Gasteiger partial charge in [0.2, 0.25) is 0 Å². The highest BCUT2D eigenvalue weighted by Crippen LogP contribution is 2.46. The number of benzene rings is 9. The Balaban J connectivity index is 1.24. The minimum atomic E-state index is -0.0456. The third kappa shape index (κ3) is 7.58. The highest BCUT2D eigenvalue weighted by Gasteiger charge is 2.27. The quantitative estimate of drug-likeness (QED) is 0.125. The van der Waals surface area contributed by atoms with Gasteiger partial charge in [-0.25, -0.2) is 0 Å². The summed E-state index contributed by atoms with van der Waals surface area (Å²) in [6, 6.07) is 70.4.